The highest BCUT2D eigenvalue weighted by Crippen LogP contribution is 2.14. The molecule has 1 aromatic rings. The quantitative estimate of drug-likeness (QED) is 0.846. The summed E-state index contributed by atoms with van der Waals surface area (Å²) in [5.74, 6) is 0.255. The monoisotopic (exact) mass is 345 g/mol. The topological polar surface area (TPSA) is 38.3 Å². The molecular formula is C13H16INO2. The Bertz CT molecular complexity index is 391. The minimum absolute atomic E-state index is 0.0424. The molecular weight excluding hydrogens is 329 g/mol. The van der Waals surface area contributed by atoms with E-state index in [0.717, 1.165) is 18.5 Å². The molecule has 1 N–H and O–H groups in total. The number of hydrogen-bond donors (Lipinski definition) is 1. The van der Waals surface area contributed by atoms with Crippen molar-refractivity contribution in [2.75, 3.05) is 13.7 Å². The van der Waals surface area contributed by atoms with Crippen molar-refractivity contribution in [2.45, 2.75) is 25.0 Å². The molecule has 0 saturated carbocycles. The Morgan fingerprint density at radius 3 is 2.76 bits per heavy atom. The summed E-state index contributed by atoms with van der Waals surface area (Å²) in [7, 11) is 1.69. The second-order valence-electron chi connectivity index (χ2n) is 4.32. The van der Waals surface area contributed by atoms with Crippen molar-refractivity contribution >= 4 is 28.4 Å². The Kier molecular flexibility index (Phi) is 4.53. The van der Waals surface area contributed by atoms with E-state index < -0.39 is 0 Å². The first-order chi connectivity index (χ1) is 8.19. The molecule has 2 atom stereocenters. The van der Waals surface area contributed by atoms with E-state index in [0.29, 0.717) is 6.42 Å². The van der Waals surface area contributed by atoms with Gasteiger partial charge in [-0.25, -0.2) is 0 Å². The van der Waals surface area contributed by atoms with Crippen LogP contribution in [0.1, 0.15) is 12.0 Å². The average Bonchev–Trinajstić information content (AvgIpc) is 2.81. The van der Waals surface area contributed by atoms with Crippen molar-refractivity contribution in [1.29, 1.82) is 0 Å². The molecule has 0 spiro atoms. The van der Waals surface area contributed by atoms with E-state index in [1.54, 1.807) is 7.11 Å². The molecule has 17 heavy (non-hydrogen) atoms. The molecule has 2 rings (SSSR count). The lowest BCUT2D eigenvalue weighted by atomic mass is 10.0. The van der Waals surface area contributed by atoms with Crippen LogP contribution in [0.5, 0.6) is 0 Å². The highest BCUT2D eigenvalue weighted by atomic mass is 127. The van der Waals surface area contributed by atoms with Gasteiger partial charge in [0.2, 0.25) is 0 Å². The van der Waals surface area contributed by atoms with Crippen LogP contribution in [-0.4, -0.2) is 31.6 Å². The molecule has 1 saturated heterocycles. The fourth-order valence-corrected chi connectivity index (χ4v) is 2.41. The maximum Gasteiger partial charge on any atom is 0.154 e. The molecule has 1 fully saturated rings. The van der Waals surface area contributed by atoms with Gasteiger partial charge in [0.25, 0.3) is 0 Å². The zero-order valence-electron chi connectivity index (χ0n) is 9.78. The van der Waals surface area contributed by atoms with Crippen LogP contribution in [0.2, 0.25) is 0 Å². The number of Topliss-reactive ketones (excluding diaryl/α,β-unsaturated/α-hetero) is 1. The number of benzene rings is 1. The fraction of sp³-hybridized carbons (Fsp3) is 0.462. The summed E-state index contributed by atoms with van der Waals surface area (Å²) < 4.78 is 6.43. The third-order valence-electron chi connectivity index (χ3n) is 3.10. The number of halogens is 1. The third-order valence-corrected chi connectivity index (χ3v) is 3.82. The van der Waals surface area contributed by atoms with Crippen molar-refractivity contribution in [3.05, 3.63) is 33.4 Å². The van der Waals surface area contributed by atoms with Crippen LogP contribution in [0, 0.1) is 3.57 Å². The van der Waals surface area contributed by atoms with E-state index in [-0.39, 0.29) is 17.9 Å². The number of hydrogen-bond acceptors (Lipinski definition) is 3. The van der Waals surface area contributed by atoms with Crippen LogP contribution in [0.4, 0.5) is 0 Å². The molecule has 3 nitrogen and oxygen atoms in total. The maximum absolute atomic E-state index is 12.0. The van der Waals surface area contributed by atoms with E-state index in [9.17, 15) is 4.79 Å². The van der Waals surface area contributed by atoms with Gasteiger partial charge in [-0.1, -0.05) is 12.1 Å². The highest BCUT2D eigenvalue weighted by molar-refractivity contribution is 14.1. The Morgan fingerprint density at radius 2 is 2.18 bits per heavy atom. The summed E-state index contributed by atoms with van der Waals surface area (Å²) in [6, 6.07) is 8.05. The van der Waals surface area contributed by atoms with Gasteiger partial charge in [-0.3, -0.25) is 4.79 Å². The first-order valence-electron chi connectivity index (χ1n) is 5.72. The summed E-state index contributed by atoms with van der Waals surface area (Å²) in [4.78, 5) is 12.0. The molecule has 1 aliphatic heterocycles. The molecule has 1 aliphatic rings. The summed E-state index contributed by atoms with van der Waals surface area (Å²) >= 11 is 2.26. The number of ether oxygens (including phenoxy) is 1. The highest BCUT2D eigenvalue weighted by Gasteiger charge is 2.28. The van der Waals surface area contributed by atoms with Gasteiger partial charge in [0, 0.05) is 23.6 Å². The first-order valence-corrected chi connectivity index (χ1v) is 6.80. The second kappa shape index (κ2) is 5.93. The number of ketones is 1. The summed E-state index contributed by atoms with van der Waals surface area (Å²) in [6.45, 7) is 0.777. The Balaban J connectivity index is 1.91. The number of carbonyl (C=O) groups excluding carboxylic acids is 1. The zero-order chi connectivity index (χ0) is 12.3. The molecule has 1 aromatic carbocycles. The summed E-state index contributed by atoms with van der Waals surface area (Å²) in [5, 5.41) is 3.21. The largest absolute Gasteiger partial charge is 0.380 e. The predicted octanol–water partition coefficient (Wildman–Crippen LogP) is 1.78. The fourth-order valence-electron chi connectivity index (χ4n) is 2.05. The predicted molar refractivity (Wildman–Crippen MR) is 75.1 cm³/mol. The Hall–Kier alpha value is -0.460. The lowest BCUT2D eigenvalue weighted by Gasteiger charge is -2.09. The van der Waals surface area contributed by atoms with E-state index >= 15 is 0 Å². The van der Waals surface area contributed by atoms with E-state index in [2.05, 4.69) is 27.9 Å². The van der Waals surface area contributed by atoms with Gasteiger partial charge in [0.1, 0.15) is 0 Å². The molecule has 2 unspecified atom stereocenters. The average molecular weight is 345 g/mol. The van der Waals surface area contributed by atoms with Gasteiger partial charge in [0.05, 0.1) is 12.1 Å². The molecule has 4 heteroatoms. The van der Waals surface area contributed by atoms with Gasteiger partial charge in [0.15, 0.2) is 5.78 Å². The second-order valence-corrected chi connectivity index (χ2v) is 5.57. The lowest BCUT2D eigenvalue weighted by Crippen LogP contribution is -2.31. The van der Waals surface area contributed by atoms with Crippen molar-refractivity contribution in [3.63, 3.8) is 0 Å². The van der Waals surface area contributed by atoms with Crippen molar-refractivity contribution in [3.8, 4) is 0 Å². The third kappa shape index (κ3) is 3.50. The number of nitrogens with one attached hydrogen (secondary N) is 1. The number of carbonyl (C=O) groups is 1. The first kappa shape index (κ1) is 13.0. The van der Waals surface area contributed by atoms with E-state index in [1.165, 1.54) is 3.57 Å². The minimum Gasteiger partial charge on any atom is -0.380 e. The minimum atomic E-state index is -0.0424. The molecule has 1 heterocycles. The molecule has 0 radical (unpaired) electrons. The maximum atomic E-state index is 12.0. The van der Waals surface area contributed by atoms with Crippen LogP contribution in [-0.2, 0) is 16.0 Å². The van der Waals surface area contributed by atoms with Crippen molar-refractivity contribution < 1.29 is 9.53 Å². The van der Waals surface area contributed by atoms with E-state index in [1.807, 2.05) is 24.3 Å². The molecule has 0 aliphatic carbocycles. The summed E-state index contributed by atoms with van der Waals surface area (Å²) in [5.41, 5.74) is 1.08. The SMILES string of the molecule is COC1CNC(C(=O)Cc2ccc(I)cc2)C1. The Labute approximate surface area is 115 Å². The smallest absolute Gasteiger partial charge is 0.154 e. The molecule has 0 bridgehead atoms. The Morgan fingerprint density at radius 1 is 1.47 bits per heavy atom. The lowest BCUT2D eigenvalue weighted by molar-refractivity contribution is -0.120. The van der Waals surface area contributed by atoms with Gasteiger partial charge in [-0.2, -0.15) is 0 Å². The van der Waals surface area contributed by atoms with Crippen LogP contribution < -0.4 is 5.32 Å². The van der Waals surface area contributed by atoms with Crippen LogP contribution in [0.3, 0.4) is 0 Å². The van der Waals surface area contributed by atoms with Crippen LogP contribution >= 0.6 is 22.6 Å². The van der Waals surface area contributed by atoms with Gasteiger partial charge >= 0.3 is 0 Å². The van der Waals surface area contributed by atoms with Crippen LogP contribution in [0.15, 0.2) is 24.3 Å². The van der Waals surface area contributed by atoms with Gasteiger partial charge in [-0.15, -0.1) is 0 Å². The number of methoxy groups -OCH3 is 1. The molecule has 0 aromatic heterocycles. The van der Waals surface area contributed by atoms with Crippen molar-refractivity contribution in [2.24, 2.45) is 0 Å². The van der Waals surface area contributed by atoms with Gasteiger partial charge in [-0.05, 0) is 46.7 Å². The van der Waals surface area contributed by atoms with Crippen molar-refractivity contribution in [1.82, 2.24) is 5.32 Å². The van der Waals surface area contributed by atoms with Crippen LogP contribution in [0.25, 0.3) is 0 Å². The normalized spacial score (nSPS) is 23.9. The van der Waals surface area contributed by atoms with Gasteiger partial charge < -0.3 is 10.1 Å². The standard InChI is InChI=1S/C13H16INO2/c1-17-11-7-12(15-8-11)13(16)6-9-2-4-10(14)5-3-9/h2-5,11-12,15H,6-8H2,1H3. The summed E-state index contributed by atoms with van der Waals surface area (Å²) in [6.07, 6.45) is 1.48. The molecule has 0 amide bonds. The zero-order valence-corrected chi connectivity index (χ0v) is 11.9. The van der Waals surface area contributed by atoms with E-state index in [4.69, 9.17) is 4.74 Å². The molecule has 92 valence electrons. The number of rotatable bonds is 4.